The first kappa shape index (κ1) is 13.9. The second kappa shape index (κ2) is 5.61. The lowest BCUT2D eigenvalue weighted by Crippen LogP contribution is -1.94. The number of nitrogen functional groups attached to an aromatic ring is 1. The van der Waals surface area contributed by atoms with E-state index in [9.17, 15) is 8.78 Å². The van der Waals surface area contributed by atoms with Crippen LogP contribution in [0.25, 0.3) is 0 Å². The van der Waals surface area contributed by atoms with Gasteiger partial charge in [-0.2, -0.15) is 0 Å². The Balaban J connectivity index is 2.19. The summed E-state index contributed by atoms with van der Waals surface area (Å²) >= 11 is 1.15. The van der Waals surface area contributed by atoms with Crippen molar-refractivity contribution in [2.75, 3.05) is 5.73 Å². The third-order valence-corrected chi connectivity index (χ3v) is 3.84. The van der Waals surface area contributed by atoms with Gasteiger partial charge in [0.05, 0.1) is 4.90 Å². The van der Waals surface area contributed by atoms with Crippen LogP contribution in [0.1, 0.15) is 16.7 Å². The highest BCUT2D eigenvalue weighted by molar-refractivity contribution is 7.98. The summed E-state index contributed by atoms with van der Waals surface area (Å²) in [6.07, 6.45) is 0. The van der Waals surface area contributed by atoms with Gasteiger partial charge in [-0.1, -0.05) is 29.3 Å². The van der Waals surface area contributed by atoms with E-state index in [4.69, 9.17) is 5.73 Å². The molecule has 0 aliphatic carbocycles. The molecule has 0 heterocycles. The van der Waals surface area contributed by atoms with E-state index >= 15 is 0 Å². The molecule has 0 amide bonds. The maximum atomic E-state index is 13.6. The van der Waals surface area contributed by atoms with Crippen LogP contribution in [0.3, 0.4) is 0 Å². The van der Waals surface area contributed by atoms with Crippen molar-refractivity contribution in [3.8, 4) is 0 Å². The van der Waals surface area contributed by atoms with Gasteiger partial charge in [0.1, 0.15) is 11.6 Å². The third-order valence-electron chi connectivity index (χ3n) is 2.69. The first-order chi connectivity index (χ1) is 8.95. The number of anilines is 1. The van der Waals surface area contributed by atoms with E-state index in [1.54, 1.807) is 0 Å². The van der Waals surface area contributed by atoms with E-state index in [0.29, 0.717) is 5.75 Å². The average Bonchev–Trinajstić information content (AvgIpc) is 2.25. The fourth-order valence-electron chi connectivity index (χ4n) is 2.03. The highest BCUT2D eigenvalue weighted by Crippen LogP contribution is 2.30. The summed E-state index contributed by atoms with van der Waals surface area (Å²) in [5, 5.41) is 0. The quantitative estimate of drug-likeness (QED) is 0.663. The van der Waals surface area contributed by atoms with Crippen molar-refractivity contribution in [1.29, 1.82) is 0 Å². The Bertz CT molecular complexity index is 568. The standard InChI is InChI=1S/C15H15F2NS/c1-9-3-10(2)5-11(4-9)8-19-15-13(16)6-12(18)7-14(15)17/h3-7H,8,18H2,1-2H3. The minimum atomic E-state index is -0.605. The monoisotopic (exact) mass is 279 g/mol. The minimum absolute atomic E-state index is 0.0216. The molecule has 2 N–H and O–H groups in total. The lowest BCUT2D eigenvalue weighted by Gasteiger charge is -2.07. The van der Waals surface area contributed by atoms with Crippen LogP contribution in [0, 0.1) is 25.5 Å². The lowest BCUT2D eigenvalue weighted by molar-refractivity contribution is 0.542. The van der Waals surface area contributed by atoms with Gasteiger partial charge >= 0.3 is 0 Å². The Morgan fingerprint density at radius 1 is 0.947 bits per heavy atom. The van der Waals surface area contributed by atoms with Gasteiger partial charge in [-0.15, -0.1) is 11.8 Å². The van der Waals surface area contributed by atoms with Crippen LogP contribution in [0.4, 0.5) is 14.5 Å². The molecule has 0 fully saturated rings. The zero-order chi connectivity index (χ0) is 14.0. The summed E-state index contributed by atoms with van der Waals surface area (Å²) in [6, 6.07) is 8.40. The van der Waals surface area contributed by atoms with Gasteiger partial charge in [-0.25, -0.2) is 8.78 Å². The molecule has 0 unspecified atom stereocenters. The predicted octanol–water partition coefficient (Wildman–Crippen LogP) is 4.46. The van der Waals surface area contributed by atoms with Gasteiger partial charge in [-0.05, 0) is 31.5 Å². The number of rotatable bonds is 3. The molecule has 2 aromatic carbocycles. The Hall–Kier alpha value is -1.55. The highest BCUT2D eigenvalue weighted by atomic mass is 32.2. The molecule has 0 aromatic heterocycles. The van der Waals surface area contributed by atoms with Crippen molar-refractivity contribution in [3.05, 3.63) is 58.7 Å². The molecule has 0 saturated heterocycles. The molecular weight excluding hydrogens is 264 g/mol. The maximum absolute atomic E-state index is 13.6. The topological polar surface area (TPSA) is 26.0 Å². The summed E-state index contributed by atoms with van der Waals surface area (Å²) in [4.78, 5) is 0.0216. The number of halogens is 2. The van der Waals surface area contributed by atoms with Gasteiger partial charge in [0.2, 0.25) is 0 Å². The Morgan fingerprint density at radius 2 is 1.47 bits per heavy atom. The molecule has 19 heavy (non-hydrogen) atoms. The molecule has 2 rings (SSSR count). The molecule has 0 aliphatic rings. The van der Waals surface area contributed by atoms with Crippen LogP contribution < -0.4 is 5.73 Å². The van der Waals surface area contributed by atoms with Crippen molar-refractivity contribution >= 4 is 17.4 Å². The molecule has 1 nitrogen and oxygen atoms in total. The number of thioether (sulfide) groups is 1. The largest absolute Gasteiger partial charge is 0.399 e. The van der Waals surface area contributed by atoms with Gasteiger partial charge in [0, 0.05) is 11.4 Å². The van der Waals surface area contributed by atoms with Crippen LogP contribution >= 0.6 is 11.8 Å². The third kappa shape index (κ3) is 3.47. The first-order valence-electron chi connectivity index (χ1n) is 5.90. The number of nitrogens with two attached hydrogens (primary N) is 1. The van der Waals surface area contributed by atoms with E-state index < -0.39 is 11.6 Å². The molecule has 100 valence electrons. The molecule has 4 heteroatoms. The smallest absolute Gasteiger partial charge is 0.141 e. The van der Waals surface area contributed by atoms with E-state index in [1.807, 2.05) is 26.0 Å². The predicted molar refractivity (Wildman–Crippen MR) is 76.2 cm³/mol. The van der Waals surface area contributed by atoms with Crippen molar-refractivity contribution in [1.82, 2.24) is 0 Å². The molecule has 0 radical (unpaired) electrons. The zero-order valence-electron chi connectivity index (χ0n) is 10.8. The lowest BCUT2D eigenvalue weighted by atomic mass is 10.1. The molecular formula is C15H15F2NS. The Kier molecular flexibility index (Phi) is 4.10. The average molecular weight is 279 g/mol. The van der Waals surface area contributed by atoms with Gasteiger partial charge in [0.15, 0.2) is 0 Å². The summed E-state index contributed by atoms with van der Waals surface area (Å²) in [7, 11) is 0. The number of hydrogen-bond acceptors (Lipinski definition) is 2. The molecule has 0 saturated carbocycles. The second-order valence-electron chi connectivity index (χ2n) is 4.60. The normalized spacial score (nSPS) is 10.7. The van der Waals surface area contributed by atoms with Crippen LogP contribution in [0.5, 0.6) is 0 Å². The van der Waals surface area contributed by atoms with E-state index in [-0.39, 0.29) is 10.6 Å². The van der Waals surface area contributed by atoms with Crippen molar-refractivity contribution < 1.29 is 8.78 Å². The molecule has 0 atom stereocenters. The van der Waals surface area contributed by atoms with E-state index in [2.05, 4.69) is 6.07 Å². The van der Waals surface area contributed by atoms with Gasteiger partial charge in [0.25, 0.3) is 0 Å². The molecule has 0 aliphatic heterocycles. The van der Waals surface area contributed by atoms with Crippen LogP contribution in [0.2, 0.25) is 0 Å². The van der Waals surface area contributed by atoms with Crippen molar-refractivity contribution in [3.63, 3.8) is 0 Å². The fourth-order valence-corrected chi connectivity index (χ4v) is 2.90. The number of benzene rings is 2. The van der Waals surface area contributed by atoms with Crippen LogP contribution in [-0.2, 0) is 5.75 Å². The minimum Gasteiger partial charge on any atom is -0.399 e. The maximum Gasteiger partial charge on any atom is 0.141 e. The zero-order valence-corrected chi connectivity index (χ0v) is 11.7. The van der Waals surface area contributed by atoms with Gasteiger partial charge in [-0.3, -0.25) is 0 Å². The van der Waals surface area contributed by atoms with E-state index in [1.165, 1.54) is 0 Å². The van der Waals surface area contributed by atoms with Gasteiger partial charge < -0.3 is 5.73 Å². The molecule has 0 bridgehead atoms. The fraction of sp³-hybridized carbons (Fsp3) is 0.200. The summed E-state index contributed by atoms with van der Waals surface area (Å²) < 4.78 is 27.3. The van der Waals surface area contributed by atoms with Crippen molar-refractivity contribution in [2.24, 2.45) is 0 Å². The summed E-state index contributed by atoms with van der Waals surface area (Å²) in [6.45, 7) is 4.01. The SMILES string of the molecule is Cc1cc(C)cc(CSc2c(F)cc(N)cc2F)c1. The van der Waals surface area contributed by atoms with Crippen LogP contribution in [-0.4, -0.2) is 0 Å². The Morgan fingerprint density at radius 3 is 2.00 bits per heavy atom. The Labute approximate surface area is 115 Å². The summed E-state index contributed by atoms with van der Waals surface area (Å²) in [5.74, 6) is -0.681. The van der Waals surface area contributed by atoms with E-state index in [0.717, 1.165) is 40.6 Å². The van der Waals surface area contributed by atoms with Crippen LogP contribution in [0.15, 0.2) is 35.2 Å². The first-order valence-corrected chi connectivity index (χ1v) is 6.89. The van der Waals surface area contributed by atoms with Crippen molar-refractivity contribution in [2.45, 2.75) is 24.5 Å². The number of aryl methyl sites for hydroxylation is 2. The molecule has 2 aromatic rings. The number of hydrogen-bond donors (Lipinski definition) is 1. The molecule has 0 spiro atoms. The summed E-state index contributed by atoms with van der Waals surface area (Å²) in [5.41, 5.74) is 8.84. The highest BCUT2D eigenvalue weighted by Gasteiger charge is 2.11. The second-order valence-corrected chi connectivity index (χ2v) is 5.58.